The fourth-order valence-corrected chi connectivity index (χ4v) is 1.67. The van der Waals surface area contributed by atoms with Crippen LogP contribution in [0.5, 0.6) is 0 Å². The maximum Gasteiger partial charge on any atom is 0.329 e. The first-order chi connectivity index (χ1) is 8.08. The molecule has 7 heteroatoms. The molecule has 2 rings (SSSR count). The molecule has 0 spiro atoms. The molecule has 0 atom stereocenters. The van der Waals surface area contributed by atoms with Crippen molar-refractivity contribution in [2.75, 3.05) is 16.8 Å². The Hall–Kier alpha value is -2.15. The highest BCUT2D eigenvalue weighted by atomic mass is 32.1. The van der Waals surface area contributed by atoms with Crippen molar-refractivity contribution in [2.45, 2.75) is 0 Å². The van der Waals surface area contributed by atoms with E-state index >= 15 is 0 Å². The zero-order valence-corrected chi connectivity index (χ0v) is 9.58. The second-order valence-corrected chi connectivity index (χ2v) is 3.87. The number of hydrogen-bond acceptors (Lipinski definition) is 3. The Morgan fingerprint density at radius 3 is 2.82 bits per heavy atom. The van der Waals surface area contributed by atoms with E-state index in [0.29, 0.717) is 11.4 Å². The van der Waals surface area contributed by atoms with Crippen LogP contribution in [-0.4, -0.2) is 23.6 Å². The molecule has 1 aliphatic heterocycles. The molecule has 0 aliphatic carbocycles. The largest absolute Gasteiger partial charge is 0.376 e. The number of carbonyl (C=O) groups excluding carboxylic acids is 2. The van der Waals surface area contributed by atoms with Crippen LogP contribution in [0.15, 0.2) is 24.3 Å². The van der Waals surface area contributed by atoms with Gasteiger partial charge in [0.15, 0.2) is 5.11 Å². The van der Waals surface area contributed by atoms with Gasteiger partial charge in [-0.15, -0.1) is 0 Å². The molecule has 6 nitrogen and oxygen atoms in total. The lowest BCUT2D eigenvalue weighted by molar-refractivity contribution is -0.115. The van der Waals surface area contributed by atoms with E-state index in [1.54, 1.807) is 24.3 Å². The molecule has 1 fully saturated rings. The van der Waals surface area contributed by atoms with Gasteiger partial charge in [0.2, 0.25) is 0 Å². The zero-order valence-electron chi connectivity index (χ0n) is 8.77. The Labute approximate surface area is 103 Å². The summed E-state index contributed by atoms with van der Waals surface area (Å²) in [6.07, 6.45) is 0. The number of carbonyl (C=O) groups is 2. The van der Waals surface area contributed by atoms with Gasteiger partial charge in [-0.3, -0.25) is 4.79 Å². The number of rotatable bonds is 2. The highest BCUT2D eigenvalue weighted by Gasteiger charge is 2.29. The molecular weight excluding hydrogens is 240 g/mol. The normalized spacial score (nSPS) is 14.7. The average molecular weight is 250 g/mol. The lowest BCUT2D eigenvalue weighted by atomic mass is 10.2. The number of hydrogen-bond donors (Lipinski definition) is 3. The van der Waals surface area contributed by atoms with Crippen molar-refractivity contribution in [3.8, 4) is 0 Å². The Balaban J connectivity index is 2.29. The summed E-state index contributed by atoms with van der Waals surface area (Å²) in [5.41, 5.74) is 6.45. The summed E-state index contributed by atoms with van der Waals surface area (Å²) in [6.45, 7) is 0.0196. The molecule has 1 heterocycles. The Morgan fingerprint density at radius 2 is 2.24 bits per heavy atom. The van der Waals surface area contributed by atoms with Crippen molar-refractivity contribution in [3.05, 3.63) is 24.3 Å². The molecule has 0 unspecified atom stereocenters. The van der Waals surface area contributed by atoms with Crippen molar-refractivity contribution >= 4 is 40.6 Å². The van der Waals surface area contributed by atoms with Crippen LogP contribution in [0, 0.1) is 0 Å². The molecule has 88 valence electrons. The molecule has 1 aliphatic rings. The summed E-state index contributed by atoms with van der Waals surface area (Å²) in [4.78, 5) is 24.0. The van der Waals surface area contributed by atoms with Crippen LogP contribution in [0.25, 0.3) is 0 Å². The average Bonchev–Trinajstić information content (AvgIpc) is 2.58. The van der Waals surface area contributed by atoms with Crippen molar-refractivity contribution in [3.63, 3.8) is 0 Å². The lowest BCUT2D eigenvalue weighted by Crippen LogP contribution is -2.30. The van der Waals surface area contributed by atoms with E-state index in [1.807, 2.05) is 0 Å². The van der Waals surface area contributed by atoms with Gasteiger partial charge >= 0.3 is 6.03 Å². The van der Waals surface area contributed by atoms with Gasteiger partial charge in [0.05, 0.1) is 12.2 Å². The van der Waals surface area contributed by atoms with Gasteiger partial charge in [-0.05, 0) is 30.4 Å². The van der Waals surface area contributed by atoms with Gasteiger partial charge in [0, 0.05) is 5.69 Å². The molecule has 4 N–H and O–H groups in total. The van der Waals surface area contributed by atoms with Crippen LogP contribution in [0.3, 0.4) is 0 Å². The third-order valence-electron chi connectivity index (χ3n) is 2.22. The predicted molar refractivity (Wildman–Crippen MR) is 67.7 cm³/mol. The minimum absolute atomic E-state index is 0.0196. The van der Waals surface area contributed by atoms with Crippen LogP contribution < -0.4 is 21.3 Å². The summed E-state index contributed by atoms with van der Waals surface area (Å²) < 4.78 is 0. The van der Waals surface area contributed by atoms with Crippen LogP contribution in [0.4, 0.5) is 16.2 Å². The molecule has 0 aromatic heterocycles. The Bertz CT molecular complexity index is 487. The highest BCUT2D eigenvalue weighted by molar-refractivity contribution is 7.80. The molecule has 0 radical (unpaired) electrons. The first-order valence-corrected chi connectivity index (χ1v) is 5.26. The maximum atomic E-state index is 11.5. The summed E-state index contributed by atoms with van der Waals surface area (Å²) in [5, 5.41) is 5.31. The third kappa shape index (κ3) is 2.34. The van der Waals surface area contributed by atoms with E-state index in [1.165, 1.54) is 0 Å². The van der Waals surface area contributed by atoms with Gasteiger partial charge in [-0.1, -0.05) is 6.07 Å². The van der Waals surface area contributed by atoms with Gasteiger partial charge in [0.1, 0.15) is 0 Å². The number of imide groups is 1. The fraction of sp³-hybridized carbons (Fsp3) is 0.100. The molecule has 3 amide bonds. The minimum Gasteiger partial charge on any atom is -0.376 e. The second-order valence-electron chi connectivity index (χ2n) is 3.43. The first kappa shape index (κ1) is 11.3. The molecule has 1 aromatic carbocycles. The van der Waals surface area contributed by atoms with E-state index in [-0.39, 0.29) is 17.6 Å². The number of nitrogens with one attached hydrogen (secondary N) is 2. The molecule has 1 saturated heterocycles. The number of benzene rings is 1. The van der Waals surface area contributed by atoms with Crippen LogP contribution in [0.1, 0.15) is 0 Å². The van der Waals surface area contributed by atoms with Gasteiger partial charge in [-0.2, -0.15) is 0 Å². The van der Waals surface area contributed by atoms with Crippen molar-refractivity contribution in [1.29, 1.82) is 0 Å². The summed E-state index contributed by atoms with van der Waals surface area (Å²) in [6, 6.07) is 6.30. The smallest absolute Gasteiger partial charge is 0.329 e. The molecule has 17 heavy (non-hydrogen) atoms. The van der Waals surface area contributed by atoms with E-state index in [4.69, 9.17) is 18.0 Å². The first-order valence-electron chi connectivity index (χ1n) is 4.85. The molecule has 1 aromatic rings. The lowest BCUT2D eigenvalue weighted by Gasteiger charge is -2.13. The highest BCUT2D eigenvalue weighted by Crippen LogP contribution is 2.21. The van der Waals surface area contributed by atoms with E-state index < -0.39 is 6.03 Å². The number of urea groups is 1. The Morgan fingerprint density at radius 1 is 1.47 bits per heavy atom. The van der Waals surface area contributed by atoms with E-state index in [9.17, 15) is 9.59 Å². The SMILES string of the molecule is NC(=S)Nc1cccc(N2C(=O)CNC2=O)c1. The van der Waals surface area contributed by atoms with E-state index in [2.05, 4.69) is 10.6 Å². The van der Waals surface area contributed by atoms with Crippen LogP contribution in [-0.2, 0) is 4.79 Å². The number of nitrogens with zero attached hydrogens (tertiary/aromatic N) is 1. The van der Waals surface area contributed by atoms with Gasteiger partial charge in [-0.25, -0.2) is 9.69 Å². The van der Waals surface area contributed by atoms with Crippen molar-refractivity contribution in [1.82, 2.24) is 5.32 Å². The maximum absolute atomic E-state index is 11.5. The van der Waals surface area contributed by atoms with Crippen LogP contribution >= 0.6 is 12.2 Å². The topological polar surface area (TPSA) is 87.5 Å². The molecule has 0 saturated carbocycles. The summed E-state index contributed by atoms with van der Waals surface area (Å²) in [5.74, 6) is -0.289. The number of thiocarbonyl (C=S) groups is 1. The monoisotopic (exact) mass is 250 g/mol. The number of anilines is 2. The molecule has 0 bridgehead atoms. The molecular formula is C10H10N4O2S. The summed E-state index contributed by atoms with van der Waals surface area (Å²) >= 11 is 4.71. The van der Waals surface area contributed by atoms with Crippen molar-refractivity contribution < 1.29 is 9.59 Å². The van der Waals surface area contributed by atoms with Gasteiger partial charge < -0.3 is 16.4 Å². The predicted octanol–water partition coefficient (Wildman–Crippen LogP) is 0.398. The quantitative estimate of drug-likeness (QED) is 0.522. The van der Waals surface area contributed by atoms with Crippen LogP contribution in [0.2, 0.25) is 0 Å². The zero-order chi connectivity index (χ0) is 12.4. The minimum atomic E-state index is -0.428. The number of amides is 3. The fourth-order valence-electron chi connectivity index (χ4n) is 1.55. The Kier molecular flexibility index (Phi) is 2.92. The number of nitrogens with two attached hydrogens (primary N) is 1. The summed E-state index contributed by atoms with van der Waals surface area (Å²) in [7, 11) is 0. The van der Waals surface area contributed by atoms with Crippen molar-refractivity contribution in [2.24, 2.45) is 5.73 Å². The second kappa shape index (κ2) is 4.38. The van der Waals surface area contributed by atoms with E-state index in [0.717, 1.165) is 4.90 Å². The third-order valence-corrected chi connectivity index (χ3v) is 2.32. The standard InChI is InChI=1S/C10H10N4O2S/c11-9(17)13-6-2-1-3-7(4-6)14-8(15)5-12-10(14)16/h1-4H,5H2,(H,12,16)(H3,11,13,17). The van der Waals surface area contributed by atoms with Gasteiger partial charge in [0.25, 0.3) is 5.91 Å².